The smallest absolute Gasteiger partial charge is 0.348 e. The van der Waals surface area contributed by atoms with Gasteiger partial charge in [-0.2, -0.15) is 13.2 Å². The van der Waals surface area contributed by atoms with Crippen molar-refractivity contribution >= 4 is 29.1 Å². The van der Waals surface area contributed by atoms with Crippen molar-refractivity contribution < 1.29 is 27.6 Å². The molecular formula is C30H29F3N4O3. The minimum atomic E-state index is -4.56. The number of fused-ring (bicyclic) bond motifs is 1. The summed E-state index contributed by atoms with van der Waals surface area (Å²) in [6, 6.07) is 12.2. The monoisotopic (exact) mass is 550 g/mol. The summed E-state index contributed by atoms with van der Waals surface area (Å²) in [6.45, 7) is 2.52. The Morgan fingerprint density at radius 1 is 1.12 bits per heavy atom. The van der Waals surface area contributed by atoms with Crippen LogP contribution in [0, 0.1) is 0 Å². The van der Waals surface area contributed by atoms with E-state index in [-0.39, 0.29) is 47.0 Å². The molecule has 0 radical (unpaired) electrons. The van der Waals surface area contributed by atoms with Crippen LogP contribution in [0.2, 0.25) is 0 Å². The highest BCUT2D eigenvalue weighted by atomic mass is 19.4. The fourth-order valence-corrected chi connectivity index (χ4v) is 5.57. The first kappa shape index (κ1) is 27.4. The van der Waals surface area contributed by atoms with Crippen LogP contribution in [0.4, 0.5) is 24.7 Å². The second-order valence-electron chi connectivity index (χ2n) is 10.2. The van der Waals surface area contributed by atoms with E-state index in [2.05, 4.69) is 15.6 Å². The predicted molar refractivity (Wildman–Crippen MR) is 143 cm³/mol. The van der Waals surface area contributed by atoms with Gasteiger partial charge in [-0.15, -0.1) is 0 Å². The van der Waals surface area contributed by atoms with Crippen molar-refractivity contribution in [2.24, 2.45) is 0 Å². The highest BCUT2D eigenvalue weighted by Gasteiger charge is 2.32. The lowest BCUT2D eigenvalue weighted by atomic mass is 9.95. The quantitative estimate of drug-likeness (QED) is 0.364. The van der Waals surface area contributed by atoms with Crippen molar-refractivity contribution in [2.45, 2.75) is 57.8 Å². The van der Waals surface area contributed by atoms with Crippen molar-refractivity contribution in [1.82, 2.24) is 15.2 Å². The predicted octanol–water partition coefficient (Wildman–Crippen LogP) is 5.46. The highest BCUT2D eigenvalue weighted by Crippen LogP contribution is 2.33. The number of Topliss-reactive ketones (excluding diaryl/α,β-unsaturated/α-hetero) is 1. The van der Waals surface area contributed by atoms with Crippen molar-refractivity contribution in [3.8, 4) is 0 Å². The van der Waals surface area contributed by atoms with E-state index in [0.717, 1.165) is 30.5 Å². The van der Waals surface area contributed by atoms with E-state index in [9.17, 15) is 27.6 Å². The summed E-state index contributed by atoms with van der Waals surface area (Å²) >= 11 is 0. The zero-order chi connectivity index (χ0) is 28.4. The number of carbonyl (C=O) groups excluding carboxylic acids is 3. The van der Waals surface area contributed by atoms with Crippen LogP contribution in [0.5, 0.6) is 0 Å². The van der Waals surface area contributed by atoms with Crippen molar-refractivity contribution in [3.05, 3.63) is 88.1 Å². The third-order valence-corrected chi connectivity index (χ3v) is 7.50. The van der Waals surface area contributed by atoms with Gasteiger partial charge in [0.25, 0.3) is 5.91 Å². The molecule has 40 heavy (non-hydrogen) atoms. The average Bonchev–Trinajstić information content (AvgIpc) is 3.55. The Hall–Kier alpha value is -4.21. The number of aryl methyl sites for hydroxylation is 1. The summed E-state index contributed by atoms with van der Waals surface area (Å²) < 4.78 is 41.3. The van der Waals surface area contributed by atoms with Gasteiger partial charge in [-0.3, -0.25) is 14.4 Å². The van der Waals surface area contributed by atoms with Crippen LogP contribution in [-0.2, 0) is 30.4 Å². The number of nitrogens with zero attached hydrogens (tertiary/aromatic N) is 2. The van der Waals surface area contributed by atoms with Crippen molar-refractivity contribution in [3.63, 3.8) is 0 Å². The zero-order valence-electron chi connectivity index (χ0n) is 22.0. The van der Waals surface area contributed by atoms with Crippen LogP contribution in [0.25, 0.3) is 0 Å². The molecule has 1 unspecified atom stereocenters. The summed E-state index contributed by atoms with van der Waals surface area (Å²) in [6.07, 6.45) is -0.654. The topological polar surface area (TPSA) is 91.4 Å². The number of anilines is 2. The van der Waals surface area contributed by atoms with Gasteiger partial charge in [-0.05, 0) is 73.2 Å². The first-order chi connectivity index (χ1) is 19.1. The van der Waals surface area contributed by atoms with Crippen LogP contribution in [0.3, 0.4) is 0 Å². The SMILES string of the molecule is CC(=O)N1CCCC1CCc1cc(CC(=O)c2cccnc2Nc2cccc3c2CNC3=O)cc(C(F)(F)F)c1. The van der Waals surface area contributed by atoms with Crippen molar-refractivity contribution in [1.29, 1.82) is 0 Å². The van der Waals surface area contributed by atoms with Crippen LogP contribution < -0.4 is 10.6 Å². The molecule has 0 bridgehead atoms. The number of hydrogen-bond donors (Lipinski definition) is 2. The second kappa shape index (κ2) is 11.1. The molecule has 5 rings (SSSR count). The molecule has 3 heterocycles. The van der Waals surface area contributed by atoms with Gasteiger partial charge in [0.05, 0.1) is 11.1 Å². The Morgan fingerprint density at radius 2 is 1.93 bits per heavy atom. The first-order valence-electron chi connectivity index (χ1n) is 13.2. The van der Waals surface area contributed by atoms with Crippen LogP contribution in [-0.4, -0.2) is 40.1 Å². The number of likely N-dealkylation sites (tertiary alicyclic amines) is 1. The van der Waals surface area contributed by atoms with Crippen LogP contribution >= 0.6 is 0 Å². The van der Waals surface area contributed by atoms with E-state index in [1.165, 1.54) is 13.1 Å². The average molecular weight is 551 g/mol. The van der Waals surface area contributed by atoms with Gasteiger partial charge < -0.3 is 15.5 Å². The number of rotatable bonds is 8. The molecule has 0 saturated carbocycles. The molecule has 2 aromatic carbocycles. The molecule has 2 aliphatic rings. The molecule has 0 aliphatic carbocycles. The fraction of sp³-hybridized carbons (Fsp3) is 0.333. The van der Waals surface area contributed by atoms with E-state index < -0.39 is 11.7 Å². The van der Waals surface area contributed by atoms with Gasteiger partial charge in [-0.25, -0.2) is 4.98 Å². The number of ketones is 1. The zero-order valence-corrected chi connectivity index (χ0v) is 22.0. The Morgan fingerprint density at radius 3 is 2.70 bits per heavy atom. The van der Waals surface area contributed by atoms with Gasteiger partial charge in [0, 0.05) is 55.5 Å². The van der Waals surface area contributed by atoms with E-state index in [1.54, 1.807) is 41.3 Å². The molecule has 1 aromatic heterocycles. The standard InChI is InChI=1S/C30H29F3N4O3/c1-18(38)37-12-4-5-22(37)10-9-19-13-20(15-21(14-19)30(31,32)33)16-27(39)24-7-3-11-34-28(24)36-26-8-2-6-23-25(26)17-35-29(23)40/h2-3,6-8,11,13-15,22H,4-5,9-10,12,16-17H2,1H3,(H,34,36)(H,35,40). The number of aromatic nitrogens is 1. The van der Waals surface area contributed by atoms with Crippen LogP contribution in [0.15, 0.2) is 54.7 Å². The second-order valence-corrected chi connectivity index (χ2v) is 10.2. The minimum Gasteiger partial charge on any atom is -0.348 e. The van der Waals surface area contributed by atoms with Gasteiger partial charge in [0.15, 0.2) is 5.78 Å². The first-order valence-corrected chi connectivity index (χ1v) is 13.2. The van der Waals surface area contributed by atoms with Gasteiger partial charge in [0.2, 0.25) is 5.91 Å². The summed E-state index contributed by atoms with van der Waals surface area (Å²) in [5.74, 6) is -0.334. The number of hydrogen-bond acceptors (Lipinski definition) is 5. The molecule has 2 amide bonds. The molecule has 0 spiro atoms. The van der Waals surface area contributed by atoms with Crippen molar-refractivity contribution in [2.75, 3.05) is 11.9 Å². The number of halogens is 3. The lowest BCUT2D eigenvalue weighted by Crippen LogP contribution is -2.33. The van der Waals surface area contributed by atoms with E-state index in [0.29, 0.717) is 42.7 Å². The normalized spacial score (nSPS) is 16.6. The van der Waals surface area contributed by atoms with Gasteiger partial charge in [-0.1, -0.05) is 12.1 Å². The molecule has 10 heteroatoms. The molecule has 2 N–H and O–H groups in total. The van der Waals surface area contributed by atoms with Crippen LogP contribution in [0.1, 0.15) is 69.2 Å². The highest BCUT2D eigenvalue weighted by molar-refractivity contribution is 6.03. The molecule has 1 fully saturated rings. The number of nitrogens with one attached hydrogen (secondary N) is 2. The maximum absolute atomic E-state index is 13.8. The molecule has 7 nitrogen and oxygen atoms in total. The Bertz CT molecular complexity index is 1470. The molecule has 3 aromatic rings. The van der Waals surface area contributed by atoms with E-state index >= 15 is 0 Å². The van der Waals surface area contributed by atoms with Gasteiger partial charge >= 0.3 is 6.18 Å². The third-order valence-electron chi connectivity index (χ3n) is 7.50. The lowest BCUT2D eigenvalue weighted by molar-refractivity contribution is -0.137. The number of amides is 2. The third kappa shape index (κ3) is 5.85. The molecule has 208 valence electrons. The maximum Gasteiger partial charge on any atom is 0.416 e. The number of alkyl halides is 3. The minimum absolute atomic E-state index is 0.00563. The molecule has 2 aliphatic heterocycles. The Labute approximate surface area is 229 Å². The lowest BCUT2D eigenvalue weighted by Gasteiger charge is -2.23. The largest absolute Gasteiger partial charge is 0.416 e. The van der Waals surface area contributed by atoms with E-state index in [4.69, 9.17) is 0 Å². The number of carbonyl (C=O) groups is 3. The number of benzene rings is 2. The Balaban J connectivity index is 1.37. The molecule has 1 atom stereocenters. The summed E-state index contributed by atoms with van der Waals surface area (Å²) in [7, 11) is 0. The summed E-state index contributed by atoms with van der Waals surface area (Å²) in [5.41, 5.74) is 2.09. The molecular weight excluding hydrogens is 521 g/mol. The maximum atomic E-state index is 13.8. The Kier molecular flexibility index (Phi) is 7.60. The fourth-order valence-electron chi connectivity index (χ4n) is 5.57. The number of pyridine rings is 1. The summed E-state index contributed by atoms with van der Waals surface area (Å²) in [5, 5.41) is 5.90. The summed E-state index contributed by atoms with van der Waals surface area (Å²) in [4.78, 5) is 43.4. The molecule has 1 saturated heterocycles. The van der Waals surface area contributed by atoms with E-state index in [1.807, 2.05) is 0 Å². The van der Waals surface area contributed by atoms with Gasteiger partial charge in [0.1, 0.15) is 5.82 Å².